The van der Waals surface area contributed by atoms with Gasteiger partial charge in [-0.15, -0.1) is 12.4 Å². The average Bonchev–Trinajstić information content (AvgIpc) is 2.37. The van der Waals surface area contributed by atoms with Crippen LogP contribution in [0.25, 0.3) is 0 Å². The molecule has 0 amide bonds. The molecular weight excluding hydrogens is 234 g/mol. The summed E-state index contributed by atoms with van der Waals surface area (Å²) >= 11 is 0. The lowest BCUT2D eigenvalue weighted by Crippen LogP contribution is -2.32. The molecule has 0 spiro atoms. The van der Waals surface area contributed by atoms with E-state index in [-0.39, 0.29) is 12.4 Å². The first-order valence-electron chi connectivity index (χ1n) is 6.27. The van der Waals surface area contributed by atoms with Gasteiger partial charge in [-0.05, 0) is 37.3 Å². The van der Waals surface area contributed by atoms with E-state index >= 15 is 0 Å². The Balaban J connectivity index is 0.00000144. The fourth-order valence-electron chi connectivity index (χ4n) is 2.15. The Kier molecular flexibility index (Phi) is 7.25. The number of piperidine rings is 1. The van der Waals surface area contributed by atoms with Gasteiger partial charge in [0.05, 0.1) is 13.2 Å². The van der Waals surface area contributed by atoms with Crippen molar-refractivity contribution in [1.29, 1.82) is 0 Å². The largest absolute Gasteiger partial charge is 0.381 e. The highest BCUT2D eigenvalue weighted by Crippen LogP contribution is 2.10. The minimum atomic E-state index is 0. The van der Waals surface area contributed by atoms with Gasteiger partial charge < -0.3 is 10.1 Å². The normalized spacial score (nSPS) is 19.6. The van der Waals surface area contributed by atoms with Crippen molar-refractivity contribution in [1.82, 2.24) is 5.32 Å². The summed E-state index contributed by atoms with van der Waals surface area (Å²) in [7, 11) is 0. The molecule has 1 aromatic carbocycles. The van der Waals surface area contributed by atoms with Crippen LogP contribution in [-0.2, 0) is 11.2 Å². The van der Waals surface area contributed by atoms with Gasteiger partial charge in [-0.2, -0.15) is 0 Å². The van der Waals surface area contributed by atoms with E-state index in [9.17, 15) is 0 Å². The highest BCUT2D eigenvalue weighted by atomic mass is 35.5. The van der Waals surface area contributed by atoms with Crippen molar-refractivity contribution in [3.8, 4) is 0 Å². The zero-order chi connectivity index (χ0) is 11.1. The van der Waals surface area contributed by atoms with Crippen LogP contribution < -0.4 is 5.32 Å². The Hall–Kier alpha value is -0.570. The summed E-state index contributed by atoms with van der Waals surface area (Å²) in [5.41, 5.74) is 1.37. The second-order valence-corrected chi connectivity index (χ2v) is 4.52. The summed E-state index contributed by atoms with van der Waals surface area (Å²) in [6, 6.07) is 10.5. The van der Waals surface area contributed by atoms with Gasteiger partial charge in [-0.25, -0.2) is 0 Å². The van der Waals surface area contributed by atoms with Crippen LogP contribution in [0.5, 0.6) is 0 Å². The molecule has 0 aliphatic carbocycles. The van der Waals surface area contributed by atoms with Gasteiger partial charge >= 0.3 is 0 Å². The van der Waals surface area contributed by atoms with Crippen LogP contribution >= 0.6 is 12.4 Å². The number of hydrogen-bond acceptors (Lipinski definition) is 2. The highest BCUT2D eigenvalue weighted by Gasteiger charge is 2.12. The summed E-state index contributed by atoms with van der Waals surface area (Å²) in [6.07, 6.45) is 3.64. The van der Waals surface area contributed by atoms with E-state index in [1.54, 1.807) is 0 Å². The average molecular weight is 256 g/mol. The van der Waals surface area contributed by atoms with Gasteiger partial charge in [0.1, 0.15) is 0 Å². The first-order valence-corrected chi connectivity index (χ1v) is 6.27. The number of hydrogen-bond donors (Lipinski definition) is 1. The zero-order valence-electron chi connectivity index (χ0n) is 10.2. The van der Waals surface area contributed by atoms with Crippen molar-refractivity contribution in [3.63, 3.8) is 0 Å². The molecule has 3 heteroatoms. The van der Waals surface area contributed by atoms with Gasteiger partial charge in [0.25, 0.3) is 0 Å². The van der Waals surface area contributed by atoms with Crippen LogP contribution in [0.4, 0.5) is 0 Å². The van der Waals surface area contributed by atoms with E-state index in [0.717, 1.165) is 32.1 Å². The lowest BCUT2D eigenvalue weighted by atomic mass is 10.0. The topological polar surface area (TPSA) is 21.3 Å². The number of ether oxygens (including phenoxy) is 1. The van der Waals surface area contributed by atoms with E-state index in [2.05, 4.69) is 35.6 Å². The number of benzene rings is 1. The molecule has 1 aromatic rings. The van der Waals surface area contributed by atoms with Gasteiger partial charge in [0.15, 0.2) is 0 Å². The Labute approximate surface area is 110 Å². The fraction of sp³-hybridized carbons (Fsp3) is 0.571. The molecule has 1 fully saturated rings. The SMILES string of the molecule is Cl.c1ccc(CCOCC2CCCNC2)cc1. The first kappa shape index (κ1) is 14.5. The monoisotopic (exact) mass is 255 g/mol. The summed E-state index contributed by atoms with van der Waals surface area (Å²) < 4.78 is 5.74. The Morgan fingerprint density at radius 3 is 2.76 bits per heavy atom. The molecule has 1 N–H and O–H groups in total. The quantitative estimate of drug-likeness (QED) is 0.817. The van der Waals surface area contributed by atoms with Crippen LogP contribution in [0.3, 0.4) is 0 Å². The lowest BCUT2D eigenvalue weighted by molar-refractivity contribution is 0.0921. The molecule has 2 nitrogen and oxygen atoms in total. The van der Waals surface area contributed by atoms with E-state index in [1.807, 2.05) is 0 Å². The zero-order valence-corrected chi connectivity index (χ0v) is 11.0. The molecule has 0 saturated carbocycles. The number of halogens is 1. The van der Waals surface area contributed by atoms with Crippen LogP contribution in [0, 0.1) is 5.92 Å². The van der Waals surface area contributed by atoms with Gasteiger partial charge in [0, 0.05) is 6.54 Å². The second kappa shape index (κ2) is 8.51. The Morgan fingerprint density at radius 2 is 2.06 bits per heavy atom. The molecule has 1 atom stereocenters. The van der Waals surface area contributed by atoms with E-state index in [4.69, 9.17) is 4.74 Å². The maximum Gasteiger partial charge on any atom is 0.0506 e. The van der Waals surface area contributed by atoms with Crippen LogP contribution in [0.1, 0.15) is 18.4 Å². The van der Waals surface area contributed by atoms with Crippen molar-refractivity contribution in [2.75, 3.05) is 26.3 Å². The molecular formula is C14H22ClNO. The maximum atomic E-state index is 5.74. The summed E-state index contributed by atoms with van der Waals surface area (Å²) in [6.45, 7) is 4.08. The molecule has 0 bridgehead atoms. The minimum Gasteiger partial charge on any atom is -0.381 e. The fourth-order valence-corrected chi connectivity index (χ4v) is 2.15. The lowest BCUT2D eigenvalue weighted by Gasteiger charge is -2.22. The predicted octanol–water partition coefficient (Wildman–Crippen LogP) is 2.67. The van der Waals surface area contributed by atoms with E-state index in [0.29, 0.717) is 0 Å². The first-order chi connectivity index (χ1) is 7.95. The molecule has 1 saturated heterocycles. The second-order valence-electron chi connectivity index (χ2n) is 4.52. The third-order valence-electron chi connectivity index (χ3n) is 3.13. The van der Waals surface area contributed by atoms with Crippen molar-refractivity contribution >= 4 is 12.4 Å². The molecule has 1 heterocycles. The molecule has 1 aliphatic rings. The Morgan fingerprint density at radius 1 is 1.24 bits per heavy atom. The summed E-state index contributed by atoms with van der Waals surface area (Å²) in [5, 5.41) is 3.41. The summed E-state index contributed by atoms with van der Waals surface area (Å²) in [4.78, 5) is 0. The number of nitrogens with one attached hydrogen (secondary N) is 1. The van der Waals surface area contributed by atoms with Gasteiger partial charge in [0.2, 0.25) is 0 Å². The molecule has 1 unspecified atom stereocenters. The summed E-state index contributed by atoms with van der Waals surface area (Å²) in [5.74, 6) is 0.726. The smallest absolute Gasteiger partial charge is 0.0506 e. The van der Waals surface area contributed by atoms with Crippen LogP contribution in [0.2, 0.25) is 0 Å². The molecule has 2 rings (SSSR count). The van der Waals surface area contributed by atoms with Crippen molar-refractivity contribution < 1.29 is 4.74 Å². The van der Waals surface area contributed by atoms with Crippen molar-refractivity contribution in [2.24, 2.45) is 5.92 Å². The number of rotatable bonds is 5. The van der Waals surface area contributed by atoms with E-state index < -0.39 is 0 Å². The van der Waals surface area contributed by atoms with Crippen LogP contribution in [-0.4, -0.2) is 26.3 Å². The minimum absolute atomic E-state index is 0. The molecule has 1 aliphatic heterocycles. The maximum absolute atomic E-state index is 5.74. The van der Waals surface area contributed by atoms with Crippen molar-refractivity contribution in [2.45, 2.75) is 19.3 Å². The van der Waals surface area contributed by atoms with E-state index in [1.165, 1.54) is 24.9 Å². The third kappa shape index (κ3) is 5.53. The predicted molar refractivity (Wildman–Crippen MR) is 73.8 cm³/mol. The third-order valence-corrected chi connectivity index (χ3v) is 3.13. The van der Waals surface area contributed by atoms with Crippen LogP contribution in [0.15, 0.2) is 30.3 Å². The molecule has 0 radical (unpaired) electrons. The van der Waals surface area contributed by atoms with Gasteiger partial charge in [-0.3, -0.25) is 0 Å². The standard InChI is InChI=1S/C14H21NO.ClH/c1-2-5-13(6-3-1)8-10-16-12-14-7-4-9-15-11-14;/h1-3,5-6,14-15H,4,7-12H2;1H. The molecule has 96 valence electrons. The molecule has 0 aromatic heterocycles. The van der Waals surface area contributed by atoms with Crippen molar-refractivity contribution in [3.05, 3.63) is 35.9 Å². The van der Waals surface area contributed by atoms with Gasteiger partial charge in [-0.1, -0.05) is 30.3 Å². The highest BCUT2D eigenvalue weighted by molar-refractivity contribution is 5.85. The Bertz CT molecular complexity index is 286. The molecule has 17 heavy (non-hydrogen) atoms.